The lowest BCUT2D eigenvalue weighted by Gasteiger charge is -2.33. The monoisotopic (exact) mass is 416 g/mol. The van der Waals surface area contributed by atoms with Gasteiger partial charge in [-0.15, -0.1) is 27.8 Å². The Morgan fingerprint density at radius 3 is 2.93 bits per heavy atom. The lowest BCUT2D eigenvalue weighted by molar-refractivity contribution is -0.122. The van der Waals surface area contributed by atoms with Gasteiger partial charge in [-0.1, -0.05) is 32.1 Å². The first kappa shape index (κ1) is 19.3. The summed E-state index contributed by atoms with van der Waals surface area (Å²) < 4.78 is 1.19. The lowest BCUT2D eigenvalue weighted by atomic mass is 9.72. The molecule has 0 unspecified atom stereocenters. The first-order valence-corrected chi connectivity index (χ1v) is 11.2. The van der Waals surface area contributed by atoms with Crippen LogP contribution in [0.2, 0.25) is 0 Å². The summed E-state index contributed by atoms with van der Waals surface area (Å²) in [6.07, 6.45) is 2.95. The van der Waals surface area contributed by atoms with Gasteiger partial charge >= 0.3 is 0 Å². The molecular formula is C20H24N4O2S2. The summed E-state index contributed by atoms with van der Waals surface area (Å²) in [4.78, 5) is 28.3. The molecule has 1 aliphatic carbocycles. The number of carbonyl (C=O) groups excluding carboxylic acids is 1. The minimum atomic E-state index is -0.235. The highest BCUT2D eigenvalue weighted by Gasteiger charge is 2.32. The number of nitrogens with zero attached hydrogens (tertiary/aromatic N) is 3. The highest BCUT2D eigenvalue weighted by atomic mass is 32.1. The van der Waals surface area contributed by atoms with Crippen molar-refractivity contribution in [1.82, 2.24) is 20.3 Å². The molecule has 3 heterocycles. The van der Waals surface area contributed by atoms with Gasteiger partial charge in [-0.25, -0.2) is 4.68 Å². The molecular weight excluding hydrogens is 392 g/mol. The molecule has 8 heteroatoms. The summed E-state index contributed by atoms with van der Waals surface area (Å²) in [5, 5.41) is 13.7. The van der Waals surface area contributed by atoms with Crippen LogP contribution in [0.4, 0.5) is 0 Å². The van der Waals surface area contributed by atoms with Crippen LogP contribution in [0.3, 0.4) is 0 Å². The molecule has 28 heavy (non-hydrogen) atoms. The molecule has 0 aliphatic heterocycles. The number of carbonyl (C=O) groups is 1. The Kier molecular flexibility index (Phi) is 5.09. The van der Waals surface area contributed by atoms with E-state index in [0.717, 1.165) is 29.7 Å². The quantitative estimate of drug-likeness (QED) is 0.707. The molecule has 1 N–H and O–H groups in total. The summed E-state index contributed by atoms with van der Waals surface area (Å²) in [7, 11) is 0. The Morgan fingerprint density at radius 2 is 2.21 bits per heavy atom. The van der Waals surface area contributed by atoms with E-state index < -0.39 is 0 Å². The predicted octanol–water partition coefficient (Wildman–Crippen LogP) is 3.38. The highest BCUT2D eigenvalue weighted by Crippen LogP contribution is 2.41. The predicted molar refractivity (Wildman–Crippen MR) is 113 cm³/mol. The van der Waals surface area contributed by atoms with E-state index >= 15 is 0 Å². The fourth-order valence-electron chi connectivity index (χ4n) is 3.76. The molecule has 0 saturated carbocycles. The largest absolute Gasteiger partial charge is 0.350 e. The van der Waals surface area contributed by atoms with Gasteiger partial charge in [-0.2, -0.15) is 0 Å². The Bertz CT molecular complexity index is 1060. The van der Waals surface area contributed by atoms with Crippen LogP contribution < -0.4 is 10.9 Å². The molecule has 0 radical (unpaired) electrons. The molecule has 0 saturated heterocycles. The van der Waals surface area contributed by atoms with E-state index in [-0.39, 0.29) is 23.4 Å². The molecule has 0 fully saturated rings. The van der Waals surface area contributed by atoms with Gasteiger partial charge in [0.15, 0.2) is 4.83 Å². The number of nitrogens with one attached hydrogen (secondary N) is 1. The molecule has 4 rings (SSSR count). The van der Waals surface area contributed by atoms with Crippen LogP contribution in [0, 0.1) is 11.3 Å². The van der Waals surface area contributed by atoms with Crippen molar-refractivity contribution in [3.63, 3.8) is 0 Å². The Labute approximate surface area is 171 Å². The number of aryl methyl sites for hydroxylation is 1. The summed E-state index contributed by atoms with van der Waals surface area (Å²) in [6, 6.07) is 3.91. The minimum Gasteiger partial charge on any atom is -0.350 e. The van der Waals surface area contributed by atoms with Crippen molar-refractivity contribution < 1.29 is 4.79 Å². The van der Waals surface area contributed by atoms with Gasteiger partial charge in [0.05, 0.1) is 11.9 Å². The minimum absolute atomic E-state index is 0.109. The molecule has 6 nitrogen and oxygen atoms in total. The van der Waals surface area contributed by atoms with Crippen LogP contribution in [-0.2, 0) is 30.7 Å². The van der Waals surface area contributed by atoms with Crippen LogP contribution in [0.15, 0.2) is 22.3 Å². The molecule has 1 aliphatic rings. The van der Waals surface area contributed by atoms with Crippen LogP contribution in [-0.4, -0.2) is 20.9 Å². The number of aromatic nitrogens is 3. The average Bonchev–Trinajstić information content (AvgIpc) is 3.28. The number of rotatable bonds is 4. The topological polar surface area (TPSA) is 76.9 Å². The molecule has 0 spiro atoms. The summed E-state index contributed by atoms with van der Waals surface area (Å²) in [5.41, 5.74) is 1.16. The van der Waals surface area contributed by atoms with Gasteiger partial charge in [0.2, 0.25) is 5.91 Å². The van der Waals surface area contributed by atoms with E-state index in [1.807, 2.05) is 17.5 Å². The smallest absolute Gasteiger partial charge is 0.279 e. The van der Waals surface area contributed by atoms with Crippen molar-refractivity contribution in [2.75, 3.05) is 0 Å². The third kappa shape index (κ3) is 3.75. The number of hydrogen-bond donors (Lipinski definition) is 1. The molecule has 1 amide bonds. The second kappa shape index (κ2) is 7.40. The normalized spacial score (nSPS) is 16.9. The van der Waals surface area contributed by atoms with Crippen LogP contribution in [0.5, 0.6) is 0 Å². The summed E-state index contributed by atoms with van der Waals surface area (Å²) in [6.45, 7) is 7.18. The van der Waals surface area contributed by atoms with Gasteiger partial charge in [-0.05, 0) is 47.6 Å². The second-order valence-electron chi connectivity index (χ2n) is 8.40. The first-order valence-electron chi connectivity index (χ1n) is 9.50. The fourth-order valence-corrected chi connectivity index (χ4v) is 5.64. The maximum Gasteiger partial charge on any atom is 0.279 e. The van der Waals surface area contributed by atoms with Crippen LogP contribution in [0.25, 0.3) is 10.2 Å². The van der Waals surface area contributed by atoms with Crippen molar-refractivity contribution >= 4 is 38.8 Å². The van der Waals surface area contributed by atoms with Crippen molar-refractivity contribution in [2.24, 2.45) is 11.3 Å². The highest BCUT2D eigenvalue weighted by molar-refractivity contribution is 7.18. The van der Waals surface area contributed by atoms with Gasteiger partial charge in [-0.3, -0.25) is 9.59 Å². The molecule has 3 aromatic heterocycles. The third-order valence-corrected chi connectivity index (χ3v) is 7.51. The SMILES string of the molecule is CC(C)(C)[C@H]1CCc2c(sc3nnn(CC(=O)NCc4cccs4)c(=O)c23)C1. The third-order valence-electron chi connectivity index (χ3n) is 5.50. The number of amides is 1. The van der Waals surface area contributed by atoms with Gasteiger partial charge in [0.25, 0.3) is 5.56 Å². The number of fused-ring (bicyclic) bond motifs is 3. The standard InChI is InChI=1S/C20H24N4O2S2/c1-20(2,3)12-6-7-14-15(9-12)28-18-17(14)19(26)24(23-22-18)11-16(25)21-10-13-5-4-8-27-13/h4-5,8,12H,6-7,9-11H2,1-3H3,(H,21,25)/t12-/m0/s1. The van der Waals surface area contributed by atoms with Crippen molar-refractivity contribution in [3.8, 4) is 0 Å². The molecule has 0 aromatic carbocycles. The van der Waals surface area contributed by atoms with E-state index in [2.05, 4.69) is 36.4 Å². The summed E-state index contributed by atoms with van der Waals surface area (Å²) in [5.74, 6) is 0.368. The van der Waals surface area contributed by atoms with Crippen molar-refractivity contribution in [3.05, 3.63) is 43.2 Å². The van der Waals surface area contributed by atoms with E-state index in [4.69, 9.17) is 0 Å². The van der Waals surface area contributed by atoms with E-state index in [9.17, 15) is 9.59 Å². The Morgan fingerprint density at radius 1 is 1.39 bits per heavy atom. The van der Waals surface area contributed by atoms with Gasteiger partial charge in [0.1, 0.15) is 6.54 Å². The lowest BCUT2D eigenvalue weighted by Crippen LogP contribution is -2.34. The average molecular weight is 417 g/mol. The van der Waals surface area contributed by atoms with E-state index in [1.54, 1.807) is 22.7 Å². The van der Waals surface area contributed by atoms with E-state index in [0.29, 0.717) is 22.7 Å². The number of hydrogen-bond acceptors (Lipinski definition) is 6. The van der Waals surface area contributed by atoms with Gasteiger partial charge < -0.3 is 5.32 Å². The zero-order valence-electron chi connectivity index (χ0n) is 16.3. The molecule has 0 bridgehead atoms. The first-order chi connectivity index (χ1) is 13.3. The summed E-state index contributed by atoms with van der Waals surface area (Å²) >= 11 is 3.17. The fraction of sp³-hybridized carbons (Fsp3) is 0.500. The molecule has 3 aromatic rings. The van der Waals surface area contributed by atoms with Gasteiger partial charge in [0, 0.05) is 9.75 Å². The van der Waals surface area contributed by atoms with Crippen molar-refractivity contribution in [2.45, 2.75) is 53.1 Å². The van der Waals surface area contributed by atoms with E-state index in [1.165, 1.54) is 9.56 Å². The van der Waals surface area contributed by atoms with Crippen LogP contribution in [0.1, 0.15) is 42.5 Å². The zero-order chi connectivity index (χ0) is 19.9. The molecule has 148 valence electrons. The maximum atomic E-state index is 13.0. The maximum absolute atomic E-state index is 13.0. The van der Waals surface area contributed by atoms with Crippen molar-refractivity contribution in [1.29, 1.82) is 0 Å². The molecule has 1 atom stereocenters. The van der Waals surface area contributed by atoms with Crippen LogP contribution >= 0.6 is 22.7 Å². The second-order valence-corrected chi connectivity index (χ2v) is 10.5. The Hall–Kier alpha value is -2.06. The zero-order valence-corrected chi connectivity index (χ0v) is 18.0. The number of thiophene rings is 2. The Balaban J connectivity index is 1.56.